The van der Waals surface area contributed by atoms with Crippen LogP contribution in [0.5, 0.6) is 0 Å². The first-order valence-electron chi connectivity index (χ1n) is 6.24. The van der Waals surface area contributed by atoms with Crippen molar-refractivity contribution in [3.63, 3.8) is 0 Å². The fourth-order valence-electron chi connectivity index (χ4n) is 2.04. The minimum absolute atomic E-state index is 0.170. The van der Waals surface area contributed by atoms with E-state index in [4.69, 9.17) is 11.6 Å². The van der Waals surface area contributed by atoms with Crippen molar-refractivity contribution in [3.05, 3.63) is 71.8 Å². The highest BCUT2D eigenvalue weighted by Gasteiger charge is 2.22. The fourth-order valence-corrected chi connectivity index (χ4v) is 2.11. The number of carbonyl (C=O) groups excluding carboxylic acids is 2. The van der Waals surface area contributed by atoms with Gasteiger partial charge < -0.3 is 5.32 Å². The molecule has 4 heteroatoms. The molecule has 0 heterocycles. The number of carbonyl (C=O) groups is 2. The van der Waals surface area contributed by atoms with E-state index in [0.717, 1.165) is 11.1 Å². The number of rotatable bonds is 5. The second-order valence-electron chi connectivity index (χ2n) is 4.33. The molecule has 1 amide bonds. The molecule has 3 nitrogen and oxygen atoms in total. The summed E-state index contributed by atoms with van der Waals surface area (Å²) in [5, 5.41) is 1.97. The first-order chi connectivity index (χ1) is 9.68. The van der Waals surface area contributed by atoms with Crippen molar-refractivity contribution in [2.75, 3.05) is 6.54 Å². The summed E-state index contributed by atoms with van der Waals surface area (Å²) in [7, 11) is 0. The highest BCUT2D eigenvalue weighted by molar-refractivity contribution is 6.64. The van der Waals surface area contributed by atoms with E-state index in [0.29, 0.717) is 0 Å². The summed E-state index contributed by atoms with van der Waals surface area (Å²) in [5.74, 6) is -0.690. The van der Waals surface area contributed by atoms with Crippen molar-refractivity contribution in [3.8, 4) is 0 Å². The molecular weight excluding hydrogens is 274 g/mol. The Bertz CT molecular complexity index is 544. The molecule has 0 aliphatic rings. The molecule has 102 valence electrons. The van der Waals surface area contributed by atoms with E-state index in [2.05, 4.69) is 5.32 Å². The zero-order valence-electron chi connectivity index (χ0n) is 10.8. The largest absolute Gasteiger partial charge is 0.347 e. The lowest BCUT2D eigenvalue weighted by Gasteiger charge is -2.17. The molecule has 0 radical (unpaired) electrons. The van der Waals surface area contributed by atoms with Gasteiger partial charge in [-0.25, -0.2) is 0 Å². The van der Waals surface area contributed by atoms with Crippen molar-refractivity contribution in [1.82, 2.24) is 5.32 Å². The van der Waals surface area contributed by atoms with Crippen molar-refractivity contribution in [1.29, 1.82) is 0 Å². The topological polar surface area (TPSA) is 46.2 Å². The van der Waals surface area contributed by atoms with Crippen LogP contribution in [-0.2, 0) is 9.59 Å². The first kappa shape index (κ1) is 14.3. The molecule has 0 aromatic heterocycles. The third-order valence-corrected chi connectivity index (χ3v) is 3.06. The molecular formula is C16H14ClNO2. The highest BCUT2D eigenvalue weighted by Crippen LogP contribution is 2.24. The van der Waals surface area contributed by atoms with Gasteiger partial charge in [0, 0.05) is 0 Å². The molecule has 0 fully saturated rings. The van der Waals surface area contributed by atoms with E-state index >= 15 is 0 Å². The Labute approximate surface area is 122 Å². The monoisotopic (exact) mass is 287 g/mol. The summed E-state index contributed by atoms with van der Waals surface area (Å²) in [5.41, 5.74) is 1.75. The Kier molecular flexibility index (Phi) is 4.91. The second-order valence-corrected chi connectivity index (χ2v) is 4.75. The number of amides is 1. The zero-order valence-corrected chi connectivity index (χ0v) is 11.5. The van der Waals surface area contributed by atoms with Crippen LogP contribution in [-0.4, -0.2) is 17.7 Å². The molecule has 0 bridgehead atoms. The van der Waals surface area contributed by atoms with E-state index in [1.807, 2.05) is 60.7 Å². The van der Waals surface area contributed by atoms with Gasteiger partial charge in [-0.3, -0.25) is 9.59 Å². The summed E-state index contributed by atoms with van der Waals surface area (Å²) < 4.78 is 0. The number of hydrogen-bond acceptors (Lipinski definition) is 2. The maximum Gasteiger partial charge on any atom is 0.240 e. The Hall–Kier alpha value is -2.13. The molecule has 0 spiro atoms. The van der Waals surface area contributed by atoms with Crippen LogP contribution in [0.15, 0.2) is 60.7 Å². The number of hydrogen-bond donors (Lipinski definition) is 1. The van der Waals surface area contributed by atoms with Gasteiger partial charge in [0.15, 0.2) is 0 Å². The van der Waals surface area contributed by atoms with Gasteiger partial charge in [0.2, 0.25) is 11.1 Å². The molecule has 2 aromatic carbocycles. The average Bonchev–Trinajstić information content (AvgIpc) is 2.48. The van der Waals surface area contributed by atoms with Crippen molar-refractivity contribution >= 4 is 22.8 Å². The molecule has 2 rings (SSSR count). The van der Waals surface area contributed by atoms with Gasteiger partial charge >= 0.3 is 0 Å². The maximum absolute atomic E-state index is 12.3. The summed E-state index contributed by atoms with van der Waals surface area (Å²) in [6.07, 6.45) is 0. The van der Waals surface area contributed by atoms with Gasteiger partial charge in [0.1, 0.15) is 0 Å². The highest BCUT2D eigenvalue weighted by atomic mass is 35.5. The van der Waals surface area contributed by atoms with Crippen LogP contribution in [0.1, 0.15) is 17.0 Å². The lowest BCUT2D eigenvalue weighted by Crippen LogP contribution is -2.32. The maximum atomic E-state index is 12.3. The second kappa shape index (κ2) is 6.87. The van der Waals surface area contributed by atoms with E-state index in [-0.39, 0.29) is 12.5 Å². The van der Waals surface area contributed by atoms with Crippen LogP contribution in [0.2, 0.25) is 0 Å². The number of benzene rings is 2. The molecule has 2 aromatic rings. The molecule has 1 N–H and O–H groups in total. The smallest absolute Gasteiger partial charge is 0.240 e. The molecule has 0 atom stereocenters. The minimum atomic E-state index is -0.585. The quantitative estimate of drug-likeness (QED) is 0.860. The van der Waals surface area contributed by atoms with Crippen LogP contribution in [0.3, 0.4) is 0 Å². The molecule has 0 aliphatic carbocycles. The summed E-state index contributed by atoms with van der Waals surface area (Å²) in [6, 6.07) is 18.9. The van der Waals surface area contributed by atoms with E-state index in [9.17, 15) is 9.59 Å². The standard InChI is InChI=1S/C16H14ClNO2/c17-14(19)11-18-16(20)15(12-7-3-1-4-8-12)13-9-5-2-6-10-13/h1-10,15H,11H2,(H,18,20). The SMILES string of the molecule is O=C(Cl)CNC(=O)C(c1ccccc1)c1ccccc1. The van der Waals surface area contributed by atoms with Crippen LogP contribution in [0, 0.1) is 0 Å². The molecule has 0 saturated heterocycles. The van der Waals surface area contributed by atoms with E-state index in [1.165, 1.54) is 0 Å². The average molecular weight is 288 g/mol. The zero-order chi connectivity index (χ0) is 14.4. The van der Waals surface area contributed by atoms with Crippen molar-refractivity contribution < 1.29 is 9.59 Å². The van der Waals surface area contributed by atoms with Gasteiger partial charge in [0.05, 0.1) is 12.5 Å². The Balaban J connectivity index is 2.30. The van der Waals surface area contributed by atoms with Crippen LogP contribution >= 0.6 is 11.6 Å². The summed E-state index contributed by atoms with van der Waals surface area (Å²) in [4.78, 5) is 23.1. The van der Waals surface area contributed by atoms with Gasteiger partial charge in [-0.05, 0) is 22.7 Å². The predicted octanol–water partition coefficient (Wildman–Crippen LogP) is 2.70. The van der Waals surface area contributed by atoms with Gasteiger partial charge in [-0.15, -0.1) is 0 Å². The van der Waals surface area contributed by atoms with Crippen LogP contribution < -0.4 is 5.32 Å². The first-order valence-corrected chi connectivity index (χ1v) is 6.62. The third-order valence-electron chi connectivity index (χ3n) is 2.93. The Morgan fingerprint density at radius 2 is 1.35 bits per heavy atom. The van der Waals surface area contributed by atoms with E-state index in [1.54, 1.807) is 0 Å². The minimum Gasteiger partial charge on any atom is -0.347 e. The number of halogens is 1. The van der Waals surface area contributed by atoms with Crippen molar-refractivity contribution in [2.24, 2.45) is 0 Å². The molecule has 0 saturated carbocycles. The fraction of sp³-hybridized carbons (Fsp3) is 0.125. The normalized spacial score (nSPS) is 10.3. The van der Waals surface area contributed by atoms with Gasteiger partial charge in [0.25, 0.3) is 0 Å². The van der Waals surface area contributed by atoms with Crippen molar-refractivity contribution in [2.45, 2.75) is 5.92 Å². The summed E-state index contributed by atoms with van der Waals surface area (Å²) in [6.45, 7) is -0.170. The van der Waals surface area contributed by atoms with Crippen LogP contribution in [0.25, 0.3) is 0 Å². The molecule has 0 unspecified atom stereocenters. The lowest BCUT2D eigenvalue weighted by atomic mass is 9.90. The molecule has 20 heavy (non-hydrogen) atoms. The summed E-state index contributed by atoms with van der Waals surface area (Å²) >= 11 is 5.26. The van der Waals surface area contributed by atoms with E-state index < -0.39 is 11.2 Å². The predicted molar refractivity (Wildman–Crippen MR) is 78.6 cm³/mol. The Morgan fingerprint density at radius 3 is 1.75 bits per heavy atom. The van der Waals surface area contributed by atoms with Crippen LogP contribution in [0.4, 0.5) is 0 Å². The molecule has 0 aliphatic heterocycles. The lowest BCUT2D eigenvalue weighted by molar-refractivity contribution is -0.123. The van der Waals surface area contributed by atoms with Gasteiger partial charge in [-0.1, -0.05) is 60.7 Å². The Morgan fingerprint density at radius 1 is 0.900 bits per heavy atom. The number of nitrogens with one attached hydrogen (secondary N) is 1. The van der Waals surface area contributed by atoms with Gasteiger partial charge in [-0.2, -0.15) is 0 Å². The third kappa shape index (κ3) is 3.68.